The largest absolute Gasteiger partial charge is 0.497 e. The van der Waals surface area contributed by atoms with Crippen molar-refractivity contribution < 1.29 is 21.9 Å². The van der Waals surface area contributed by atoms with Crippen molar-refractivity contribution in [2.75, 3.05) is 17.7 Å². The van der Waals surface area contributed by atoms with Crippen molar-refractivity contribution in [1.82, 2.24) is 19.3 Å². The van der Waals surface area contributed by atoms with Crippen LogP contribution in [-0.4, -0.2) is 41.1 Å². The standard InChI is InChI=1S/C33H28BrClF2N6O4S/c1-41-30-27(12-11-24(35)29(30)32(40-41)42(48(3,45)46)17-18-7-9-22(47-2)10-8-18)43-31(25(38)15-19-13-20(36)16-21(37)14-19)39-26-6-4-5-23(34)28(26)33(43)44/h4-14,16,25H,15,17,38H2,1-3H3/t25-/m0/s1. The van der Waals surface area contributed by atoms with Crippen molar-refractivity contribution in [2.24, 2.45) is 12.8 Å². The number of nitrogens with two attached hydrogens (primary N) is 1. The van der Waals surface area contributed by atoms with Crippen LogP contribution in [0.2, 0.25) is 5.02 Å². The molecule has 0 aliphatic carbocycles. The maximum atomic E-state index is 14.4. The van der Waals surface area contributed by atoms with Crippen LogP contribution in [0.25, 0.3) is 27.5 Å². The number of methoxy groups -OCH3 is 1. The molecule has 0 bridgehead atoms. The van der Waals surface area contributed by atoms with Crippen LogP contribution in [0.1, 0.15) is 23.0 Å². The number of rotatable bonds is 9. The van der Waals surface area contributed by atoms with E-state index < -0.39 is 33.3 Å². The monoisotopic (exact) mass is 756 g/mol. The van der Waals surface area contributed by atoms with E-state index in [-0.39, 0.29) is 51.7 Å². The Hall–Kier alpha value is -4.37. The Morgan fingerprint density at radius 1 is 1.02 bits per heavy atom. The highest BCUT2D eigenvalue weighted by Crippen LogP contribution is 2.38. The van der Waals surface area contributed by atoms with Crippen LogP contribution in [-0.2, 0) is 30.0 Å². The van der Waals surface area contributed by atoms with Crippen LogP contribution in [0.15, 0.2) is 82.1 Å². The second-order valence-corrected chi connectivity index (χ2v) is 14.4. The third-order valence-corrected chi connectivity index (χ3v) is 9.92. The molecule has 15 heteroatoms. The molecule has 0 saturated carbocycles. The predicted octanol–water partition coefficient (Wildman–Crippen LogP) is 6.18. The lowest BCUT2D eigenvalue weighted by atomic mass is 10.0. The van der Waals surface area contributed by atoms with Gasteiger partial charge in [0.15, 0.2) is 5.82 Å². The third kappa shape index (κ3) is 6.28. The number of aromatic nitrogens is 4. The van der Waals surface area contributed by atoms with E-state index in [9.17, 15) is 22.0 Å². The number of aryl methyl sites for hydroxylation is 1. The molecule has 0 aliphatic rings. The van der Waals surface area contributed by atoms with Gasteiger partial charge in [-0.25, -0.2) is 26.5 Å². The molecule has 0 radical (unpaired) electrons. The van der Waals surface area contributed by atoms with Gasteiger partial charge in [0.2, 0.25) is 10.0 Å². The minimum atomic E-state index is -3.91. The maximum Gasteiger partial charge on any atom is 0.267 e. The molecule has 2 aromatic heterocycles. The second-order valence-electron chi connectivity index (χ2n) is 11.2. The fourth-order valence-corrected chi connectivity index (χ4v) is 7.29. The molecule has 2 N–H and O–H groups in total. The molecule has 4 aromatic carbocycles. The number of halogens is 4. The van der Waals surface area contributed by atoms with Crippen LogP contribution in [0.4, 0.5) is 14.6 Å². The summed E-state index contributed by atoms with van der Waals surface area (Å²) in [6.07, 6.45) is 1.01. The zero-order chi connectivity index (χ0) is 34.5. The second kappa shape index (κ2) is 12.9. The van der Waals surface area contributed by atoms with Gasteiger partial charge in [-0.3, -0.25) is 14.0 Å². The Morgan fingerprint density at radius 3 is 2.35 bits per heavy atom. The highest BCUT2D eigenvalue weighted by atomic mass is 79.9. The number of nitrogens with zero attached hydrogens (tertiary/aromatic N) is 5. The molecule has 0 saturated heterocycles. The smallest absolute Gasteiger partial charge is 0.267 e. The summed E-state index contributed by atoms with van der Waals surface area (Å²) in [6, 6.07) is 17.2. The normalized spacial score (nSPS) is 12.5. The van der Waals surface area contributed by atoms with Gasteiger partial charge in [-0.05, 0) is 82.0 Å². The van der Waals surface area contributed by atoms with Crippen LogP contribution >= 0.6 is 27.5 Å². The fraction of sp³-hybridized carbons (Fsp3) is 0.182. The Labute approximate surface area is 287 Å². The van der Waals surface area contributed by atoms with Gasteiger partial charge in [0.1, 0.15) is 23.2 Å². The summed E-state index contributed by atoms with van der Waals surface area (Å²) in [5.74, 6) is -0.784. The molecule has 0 unspecified atom stereocenters. The lowest BCUT2D eigenvalue weighted by Crippen LogP contribution is -2.30. The molecule has 6 aromatic rings. The molecule has 248 valence electrons. The van der Waals surface area contributed by atoms with Crippen molar-refractivity contribution in [2.45, 2.75) is 19.0 Å². The molecule has 0 fully saturated rings. The number of hydrogen-bond donors (Lipinski definition) is 1. The lowest BCUT2D eigenvalue weighted by molar-refractivity contribution is 0.414. The molecule has 0 aliphatic heterocycles. The molecule has 1 atom stereocenters. The van der Waals surface area contributed by atoms with E-state index in [0.29, 0.717) is 26.8 Å². The SMILES string of the molecule is COc1ccc(CN(c2nn(C)c3c(-n4c([C@@H](N)Cc5cc(F)cc(F)c5)nc5cccc(Br)c5c4=O)ccc(Cl)c23)S(C)(=O)=O)cc1. The van der Waals surface area contributed by atoms with Gasteiger partial charge in [0, 0.05) is 17.6 Å². The van der Waals surface area contributed by atoms with Crippen molar-refractivity contribution in [3.05, 3.63) is 121 Å². The van der Waals surface area contributed by atoms with Crippen molar-refractivity contribution in [3.63, 3.8) is 0 Å². The average Bonchev–Trinajstić information content (AvgIpc) is 3.36. The molecule has 10 nitrogen and oxygen atoms in total. The summed E-state index contributed by atoms with van der Waals surface area (Å²) in [4.78, 5) is 19.2. The number of benzene rings is 4. The van der Waals surface area contributed by atoms with Crippen LogP contribution in [0, 0.1) is 11.6 Å². The van der Waals surface area contributed by atoms with Gasteiger partial charge in [-0.1, -0.05) is 29.8 Å². The maximum absolute atomic E-state index is 14.4. The van der Waals surface area contributed by atoms with Gasteiger partial charge in [-0.2, -0.15) is 5.10 Å². The van der Waals surface area contributed by atoms with Gasteiger partial charge in [0.25, 0.3) is 5.56 Å². The van der Waals surface area contributed by atoms with Crippen molar-refractivity contribution >= 4 is 65.2 Å². The Bertz CT molecular complexity index is 2370. The number of anilines is 1. The van der Waals surface area contributed by atoms with Crippen LogP contribution in [0.3, 0.4) is 0 Å². The van der Waals surface area contributed by atoms with Crippen LogP contribution < -0.4 is 20.3 Å². The summed E-state index contributed by atoms with van der Waals surface area (Å²) < 4.78 is 64.3. The molecular weight excluding hydrogens is 730 g/mol. The molecule has 0 amide bonds. The Kier molecular flexibility index (Phi) is 9.02. The molecule has 48 heavy (non-hydrogen) atoms. The molecule has 6 rings (SSSR count). The number of sulfonamides is 1. The zero-order valence-corrected chi connectivity index (χ0v) is 28.9. The summed E-state index contributed by atoms with van der Waals surface area (Å²) in [7, 11) is -0.776. The predicted molar refractivity (Wildman–Crippen MR) is 185 cm³/mol. The minimum Gasteiger partial charge on any atom is -0.497 e. The first-order chi connectivity index (χ1) is 22.8. The summed E-state index contributed by atoms with van der Waals surface area (Å²) in [5, 5.41) is 5.31. The van der Waals surface area contributed by atoms with E-state index in [1.165, 1.54) is 34.6 Å². The topological polar surface area (TPSA) is 125 Å². The van der Waals surface area contributed by atoms with Gasteiger partial charge >= 0.3 is 0 Å². The number of fused-ring (bicyclic) bond motifs is 2. The van der Waals surface area contributed by atoms with E-state index >= 15 is 0 Å². The molecular formula is C33H28BrClF2N6O4S. The molecule has 2 heterocycles. The van der Waals surface area contributed by atoms with E-state index in [1.807, 2.05) is 0 Å². The number of hydrogen-bond acceptors (Lipinski definition) is 7. The Morgan fingerprint density at radius 2 is 1.71 bits per heavy atom. The van der Waals surface area contributed by atoms with E-state index in [2.05, 4.69) is 21.0 Å². The van der Waals surface area contributed by atoms with Gasteiger partial charge in [-0.15, -0.1) is 0 Å². The minimum absolute atomic E-state index is 0.0433. The summed E-state index contributed by atoms with van der Waals surface area (Å²) in [5.41, 5.74) is 8.03. The first kappa shape index (κ1) is 33.5. The average molecular weight is 758 g/mol. The highest BCUT2D eigenvalue weighted by molar-refractivity contribution is 9.10. The Balaban J connectivity index is 1.59. The van der Waals surface area contributed by atoms with Crippen LogP contribution in [0.5, 0.6) is 5.75 Å². The van der Waals surface area contributed by atoms with E-state index in [4.69, 9.17) is 27.1 Å². The van der Waals surface area contributed by atoms with Crippen molar-refractivity contribution in [1.29, 1.82) is 0 Å². The fourth-order valence-electron chi connectivity index (χ4n) is 5.70. The van der Waals surface area contributed by atoms with Crippen molar-refractivity contribution in [3.8, 4) is 11.4 Å². The first-order valence-electron chi connectivity index (χ1n) is 14.4. The molecule has 0 spiro atoms. The van der Waals surface area contributed by atoms with E-state index in [1.54, 1.807) is 55.6 Å². The zero-order valence-electron chi connectivity index (χ0n) is 25.8. The highest BCUT2D eigenvalue weighted by Gasteiger charge is 2.29. The lowest BCUT2D eigenvalue weighted by Gasteiger charge is -2.21. The summed E-state index contributed by atoms with van der Waals surface area (Å²) in [6.45, 7) is -0.0692. The van der Waals surface area contributed by atoms with E-state index in [0.717, 1.165) is 16.6 Å². The van der Waals surface area contributed by atoms with Gasteiger partial charge in [0.05, 0.1) is 58.5 Å². The quantitative estimate of drug-likeness (QED) is 0.187. The number of ether oxygens (including phenoxy) is 1. The third-order valence-electron chi connectivity index (χ3n) is 7.84. The first-order valence-corrected chi connectivity index (χ1v) is 17.5. The van der Waals surface area contributed by atoms with Gasteiger partial charge < -0.3 is 10.5 Å². The summed E-state index contributed by atoms with van der Waals surface area (Å²) >= 11 is 10.2.